The summed E-state index contributed by atoms with van der Waals surface area (Å²) in [7, 11) is 0. The van der Waals surface area contributed by atoms with Crippen LogP contribution in [0.25, 0.3) is 0 Å². The largest absolute Gasteiger partial charge is 0.352 e. The lowest BCUT2D eigenvalue weighted by Crippen LogP contribution is -2.32. The van der Waals surface area contributed by atoms with E-state index in [4.69, 9.17) is 0 Å². The molecule has 0 bridgehead atoms. The monoisotopic (exact) mass is 455 g/mol. The number of fused-ring (bicyclic) bond motifs is 1. The van der Waals surface area contributed by atoms with Crippen molar-refractivity contribution in [2.45, 2.75) is 6.42 Å². The first-order valence-electron chi connectivity index (χ1n) is 6.47. The Morgan fingerprint density at radius 1 is 1.19 bits per heavy atom. The lowest BCUT2D eigenvalue weighted by Gasteiger charge is -2.17. The topological polar surface area (TPSA) is 46.2 Å². The van der Waals surface area contributed by atoms with Crippen LogP contribution in [-0.4, -0.2) is 18.2 Å². The first-order chi connectivity index (χ1) is 10.1. The van der Waals surface area contributed by atoms with Gasteiger partial charge in [-0.05, 0) is 58.8 Å². The van der Waals surface area contributed by atoms with Gasteiger partial charge in [-0.1, -0.05) is 28.1 Å². The van der Waals surface area contributed by atoms with Crippen LogP contribution in [0.2, 0.25) is 0 Å². The highest BCUT2D eigenvalue weighted by atomic mass is 127. The molecule has 1 N–H and O–H groups in total. The van der Waals surface area contributed by atoms with Gasteiger partial charge in [0.25, 0.3) is 5.91 Å². The van der Waals surface area contributed by atoms with E-state index in [-0.39, 0.29) is 11.7 Å². The van der Waals surface area contributed by atoms with E-state index in [1.165, 1.54) is 0 Å². The van der Waals surface area contributed by atoms with Gasteiger partial charge in [-0.15, -0.1) is 0 Å². The summed E-state index contributed by atoms with van der Waals surface area (Å²) in [5, 5.41) is 2.80. The Labute approximate surface area is 144 Å². The predicted molar refractivity (Wildman–Crippen MR) is 92.8 cm³/mol. The highest BCUT2D eigenvalue weighted by Gasteiger charge is 2.20. The van der Waals surface area contributed by atoms with Crippen LogP contribution in [0.4, 0.5) is 0 Å². The zero-order chi connectivity index (χ0) is 15.0. The van der Waals surface area contributed by atoms with Crippen molar-refractivity contribution in [1.29, 1.82) is 0 Å². The number of hydrogen-bond donors (Lipinski definition) is 1. The zero-order valence-electron chi connectivity index (χ0n) is 11.0. The average Bonchev–Trinajstić information content (AvgIpc) is 2.49. The molecule has 1 aliphatic rings. The molecule has 5 heteroatoms. The molecular formula is C16H11BrINO2. The first kappa shape index (κ1) is 14.7. The van der Waals surface area contributed by atoms with Crippen LogP contribution in [0.1, 0.15) is 31.8 Å². The summed E-state index contributed by atoms with van der Waals surface area (Å²) in [6.07, 6.45) is 0.808. The van der Waals surface area contributed by atoms with Gasteiger partial charge in [-0.2, -0.15) is 0 Å². The second-order valence-electron chi connectivity index (χ2n) is 4.83. The van der Waals surface area contributed by atoms with Crippen LogP contribution < -0.4 is 5.32 Å². The zero-order valence-corrected chi connectivity index (χ0v) is 14.7. The summed E-state index contributed by atoms with van der Waals surface area (Å²) in [5.41, 5.74) is 2.75. The second-order valence-corrected chi connectivity index (χ2v) is 6.93. The van der Waals surface area contributed by atoms with Crippen molar-refractivity contribution in [2.24, 2.45) is 0 Å². The van der Waals surface area contributed by atoms with Crippen molar-refractivity contribution in [3.63, 3.8) is 0 Å². The number of benzene rings is 2. The molecule has 2 aromatic carbocycles. The molecule has 0 fully saturated rings. The first-order valence-corrected chi connectivity index (χ1v) is 8.34. The van der Waals surface area contributed by atoms with Crippen LogP contribution in [0, 0.1) is 3.57 Å². The number of rotatable bonds is 2. The minimum absolute atomic E-state index is 0.0819. The van der Waals surface area contributed by atoms with Crippen molar-refractivity contribution < 1.29 is 9.59 Å². The quantitative estimate of drug-likeness (QED) is 0.555. The average molecular weight is 456 g/mol. The minimum atomic E-state index is -0.104. The standard InChI is InChI=1S/C16H11BrINO2/c17-14-4-3-11(18)8-13(14)15(20)10-2-1-9-5-6-19-16(21)12(9)7-10/h1-4,7-8H,5-6H2,(H,19,21). The third-order valence-corrected chi connectivity index (χ3v) is 4.83. The Balaban J connectivity index is 2.04. The summed E-state index contributed by atoms with van der Waals surface area (Å²) < 4.78 is 1.75. The molecular weight excluding hydrogens is 445 g/mol. The molecule has 3 nitrogen and oxygen atoms in total. The van der Waals surface area contributed by atoms with E-state index in [9.17, 15) is 9.59 Å². The predicted octanol–water partition coefficient (Wildman–Crippen LogP) is 3.57. The van der Waals surface area contributed by atoms with Crippen molar-refractivity contribution in [1.82, 2.24) is 5.32 Å². The molecule has 0 radical (unpaired) electrons. The van der Waals surface area contributed by atoms with Crippen molar-refractivity contribution in [3.8, 4) is 0 Å². The van der Waals surface area contributed by atoms with Crippen LogP contribution in [0.3, 0.4) is 0 Å². The van der Waals surface area contributed by atoms with E-state index in [1.807, 2.05) is 24.3 Å². The molecule has 2 aromatic rings. The SMILES string of the molecule is O=C(c1ccc2c(c1)C(=O)NCC2)c1cc(I)ccc1Br. The van der Waals surface area contributed by atoms with E-state index in [0.29, 0.717) is 23.2 Å². The molecule has 3 rings (SSSR count). The normalized spacial score (nSPS) is 13.5. The molecule has 0 saturated heterocycles. The Morgan fingerprint density at radius 2 is 2.00 bits per heavy atom. The highest BCUT2D eigenvalue weighted by molar-refractivity contribution is 14.1. The smallest absolute Gasteiger partial charge is 0.251 e. The van der Waals surface area contributed by atoms with Gasteiger partial charge in [0.15, 0.2) is 5.78 Å². The summed E-state index contributed by atoms with van der Waals surface area (Å²) in [4.78, 5) is 24.5. The van der Waals surface area contributed by atoms with Gasteiger partial charge in [0.1, 0.15) is 0 Å². The van der Waals surface area contributed by atoms with E-state index in [2.05, 4.69) is 43.8 Å². The van der Waals surface area contributed by atoms with Gasteiger partial charge in [0.05, 0.1) is 0 Å². The number of carbonyl (C=O) groups excluding carboxylic acids is 2. The fourth-order valence-electron chi connectivity index (χ4n) is 2.38. The van der Waals surface area contributed by atoms with Crippen LogP contribution in [0.15, 0.2) is 40.9 Å². The molecule has 0 atom stereocenters. The molecule has 1 amide bonds. The Kier molecular flexibility index (Phi) is 4.12. The lowest BCUT2D eigenvalue weighted by molar-refractivity contribution is 0.0946. The van der Waals surface area contributed by atoms with E-state index < -0.39 is 0 Å². The maximum absolute atomic E-state index is 12.6. The highest BCUT2D eigenvalue weighted by Crippen LogP contribution is 2.24. The maximum Gasteiger partial charge on any atom is 0.251 e. The lowest BCUT2D eigenvalue weighted by atomic mass is 9.94. The van der Waals surface area contributed by atoms with Gasteiger partial charge in [-0.25, -0.2) is 0 Å². The number of nitrogens with one attached hydrogen (secondary N) is 1. The number of amides is 1. The van der Waals surface area contributed by atoms with Gasteiger partial charge < -0.3 is 5.32 Å². The Hall–Kier alpha value is -1.21. The number of carbonyl (C=O) groups is 2. The summed E-state index contributed by atoms with van der Waals surface area (Å²) in [6.45, 7) is 0.654. The van der Waals surface area contributed by atoms with Gasteiger partial charge in [0, 0.05) is 31.3 Å². The van der Waals surface area contributed by atoms with Crippen LogP contribution in [0.5, 0.6) is 0 Å². The number of halogens is 2. The maximum atomic E-state index is 12.6. The fourth-order valence-corrected chi connectivity index (χ4v) is 3.30. The van der Waals surface area contributed by atoms with Crippen LogP contribution >= 0.6 is 38.5 Å². The molecule has 1 heterocycles. The summed E-state index contributed by atoms with van der Waals surface area (Å²) in [6, 6.07) is 11.0. The van der Waals surface area contributed by atoms with Gasteiger partial charge >= 0.3 is 0 Å². The fraction of sp³-hybridized carbons (Fsp3) is 0.125. The van der Waals surface area contributed by atoms with E-state index in [0.717, 1.165) is 20.0 Å². The Bertz CT molecular complexity index is 758. The van der Waals surface area contributed by atoms with Crippen molar-refractivity contribution in [2.75, 3.05) is 6.54 Å². The molecule has 0 saturated carbocycles. The molecule has 0 unspecified atom stereocenters. The number of hydrogen-bond acceptors (Lipinski definition) is 2. The summed E-state index contributed by atoms with van der Waals surface area (Å²) in [5.74, 6) is -0.186. The minimum Gasteiger partial charge on any atom is -0.352 e. The molecule has 1 aliphatic heterocycles. The van der Waals surface area contributed by atoms with E-state index in [1.54, 1.807) is 12.1 Å². The van der Waals surface area contributed by atoms with E-state index >= 15 is 0 Å². The molecule has 21 heavy (non-hydrogen) atoms. The second kappa shape index (κ2) is 5.88. The third-order valence-electron chi connectivity index (χ3n) is 3.47. The van der Waals surface area contributed by atoms with Crippen molar-refractivity contribution >= 4 is 50.2 Å². The molecule has 0 spiro atoms. The third kappa shape index (κ3) is 2.89. The Morgan fingerprint density at radius 3 is 2.81 bits per heavy atom. The number of ketones is 1. The molecule has 106 valence electrons. The molecule has 0 aromatic heterocycles. The van der Waals surface area contributed by atoms with Gasteiger partial charge in [-0.3, -0.25) is 9.59 Å². The molecule has 0 aliphatic carbocycles. The summed E-state index contributed by atoms with van der Waals surface area (Å²) >= 11 is 5.59. The van der Waals surface area contributed by atoms with Gasteiger partial charge in [0.2, 0.25) is 0 Å². The van der Waals surface area contributed by atoms with Crippen molar-refractivity contribution in [3.05, 3.63) is 66.7 Å². The van der Waals surface area contributed by atoms with Crippen LogP contribution in [-0.2, 0) is 6.42 Å².